The third-order valence-electron chi connectivity index (χ3n) is 5.37. The predicted octanol–water partition coefficient (Wildman–Crippen LogP) is 4.56. The molecule has 3 rings (SSSR count). The van der Waals surface area contributed by atoms with E-state index in [9.17, 15) is 9.59 Å². The minimum Gasteiger partial charge on any atom is -0.469 e. The molecule has 1 aromatic carbocycles. The largest absolute Gasteiger partial charge is 0.469 e. The fourth-order valence-electron chi connectivity index (χ4n) is 3.88. The molecule has 0 atom stereocenters. The highest BCUT2D eigenvalue weighted by molar-refractivity contribution is 7.99. The van der Waals surface area contributed by atoms with Crippen molar-refractivity contribution < 1.29 is 14.3 Å². The van der Waals surface area contributed by atoms with Crippen molar-refractivity contribution in [3.05, 3.63) is 50.0 Å². The number of Topliss-reactive ketones (excluding diaryl/α,β-unsaturated/α-hetero) is 1. The Morgan fingerprint density at radius 2 is 1.90 bits per heavy atom. The van der Waals surface area contributed by atoms with E-state index in [1.807, 2.05) is 31.7 Å². The second-order valence-corrected chi connectivity index (χ2v) is 9.16. The van der Waals surface area contributed by atoms with Gasteiger partial charge in [-0.05, 0) is 68.0 Å². The van der Waals surface area contributed by atoms with Crippen molar-refractivity contribution in [2.75, 3.05) is 12.4 Å². The third kappa shape index (κ3) is 4.48. The van der Waals surface area contributed by atoms with Gasteiger partial charge in [-0.2, -0.15) is 5.10 Å². The second kappa shape index (κ2) is 9.55. The zero-order chi connectivity index (χ0) is 22.6. The molecule has 0 amide bonds. The van der Waals surface area contributed by atoms with Crippen LogP contribution in [0.5, 0.6) is 5.88 Å². The van der Waals surface area contributed by atoms with Crippen LogP contribution in [0.1, 0.15) is 66.7 Å². The summed E-state index contributed by atoms with van der Waals surface area (Å²) < 4.78 is 7.27. The normalized spacial score (nSPS) is 14.3. The number of carbonyl (C=O) groups excluding carboxylic acids is 2. The van der Waals surface area contributed by atoms with Gasteiger partial charge in [-0.15, -0.1) is 11.8 Å². The van der Waals surface area contributed by atoms with Gasteiger partial charge >= 0.3 is 0 Å². The first-order valence-corrected chi connectivity index (χ1v) is 10.8. The van der Waals surface area contributed by atoms with Crippen LogP contribution in [0, 0.1) is 23.8 Å². The monoisotopic (exact) mass is 432 g/mol. The standard InChI is InChI=1S/C22H28N2O3S.O2/c1-7-24-21(27-12-14(3)25)17(11-23-24)19(26)16-10-13(2)20-18(15(16)4)22(5,6)8-9-28-20;1-2/h10-11H,7-9,12H2,1-6H3;. The van der Waals surface area contributed by atoms with Gasteiger partial charge in [0.15, 0.2) is 11.6 Å². The van der Waals surface area contributed by atoms with Crippen LogP contribution in [0.4, 0.5) is 0 Å². The molecule has 1 aromatic heterocycles. The smallest absolute Gasteiger partial charge is 0.223 e. The van der Waals surface area contributed by atoms with E-state index in [2.05, 4.69) is 25.9 Å². The number of thioether (sulfide) groups is 1. The quantitative estimate of drug-likeness (QED) is 0.618. The lowest BCUT2D eigenvalue weighted by molar-refractivity contribution is -0.119. The van der Waals surface area contributed by atoms with Gasteiger partial charge < -0.3 is 4.74 Å². The minimum absolute atomic E-state index is 0.0350. The predicted molar refractivity (Wildman–Crippen MR) is 119 cm³/mol. The Kier molecular flexibility index (Phi) is 7.58. The van der Waals surface area contributed by atoms with Crippen LogP contribution in [-0.2, 0) is 16.8 Å². The van der Waals surface area contributed by atoms with Gasteiger partial charge in [-0.25, -0.2) is 4.68 Å². The first-order chi connectivity index (χ1) is 14.2. The van der Waals surface area contributed by atoms with Gasteiger partial charge in [0, 0.05) is 26.9 Å². The molecule has 0 fully saturated rings. The summed E-state index contributed by atoms with van der Waals surface area (Å²) in [6, 6.07) is 1.99. The van der Waals surface area contributed by atoms with E-state index in [4.69, 9.17) is 14.7 Å². The fraction of sp³-hybridized carbons (Fsp3) is 0.500. The highest BCUT2D eigenvalue weighted by Gasteiger charge is 2.33. The number of ketones is 2. The maximum atomic E-state index is 13.5. The minimum atomic E-state index is -0.104. The number of aromatic nitrogens is 2. The Hall–Kier alpha value is -2.48. The lowest BCUT2D eigenvalue weighted by Crippen LogP contribution is -2.26. The van der Waals surface area contributed by atoms with E-state index in [1.165, 1.54) is 17.4 Å². The molecule has 0 bridgehead atoms. The van der Waals surface area contributed by atoms with Crippen molar-refractivity contribution in [2.45, 2.75) is 64.8 Å². The lowest BCUT2D eigenvalue weighted by Gasteiger charge is -2.35. The maximum absolute atomic E-state index is 13.5. The van der Waals surface area contributed by atoms with E-state index >= 15 is 0 Å². The summed E-state index contributed by atoms with van der Waals surface area (Å²) in [4.78, 5) is 40.2. The number of fused-ring (bicyclic) bond motifs is 1. The summed E-state index contributed by atoms with van der Waals surface area (Å²) in [5.41, 5.74) is 4.58. The molecule has 0 saturated carbocycles. The number of rotatable bonds is 6. The number of benzene rings is 1. The Bertz CT molecular complexity index is 965. The molecule has 0 aliphatic carbocycles. The number of aryl methyl sites for hydroxylation is 2. The van der Waals surface area contributed by atoms with E-state index < -0.39 is 0 Å². The maximum Gasteiger partial charge on any atom is 0.223 e. The van der Waals surface area contributed by atoms with Crippen LogP contribution in [0.25, 0.3) is 0 Å². The van der Waals surface area contributed by atoms with E-state index in [0.29, 0.717) is 23.6 Å². The summed E-state index contributed by atoms with van der Waals surface area (Å²) in [6.45, 7) is 12.5. The van der Waals surface area contributed by atoms with Gasteiger partial charge in [0.25, 0.3) is 0 Å². The van der Waals surface area contributed by atoms with Gasteiger partial charge in [0.2, 0.25) is 5.88 Å². The van der Waals surface area contributed by atoms with Crippen molar-refractivity contribution in [2.24, 2.45) is 0 Å². The Labute approximate surface area is 180 Å². The summed E-state index contributed by atoms with van der Waals surface area (Å²) in [6.07, 6.45) is 2.64. The van der Waals surface area contributed by atoms with Crippen LogP contribution in [0.2, 0.25) is 0 Å². The van der Waals surface area contributed by atoms with Gasteiger partial charge in [-0.3, -0.25) is 9.59 Å². The molecule has 0 radical (unpaired) electrons. The fourth-order valence-corrected chi connectivity index (χ4v) is 5.56. The summed E-state index contributed by atoms with van der Waals surface area (Å²) in [5, 5.41) is 4.28. The average Bonchev–Trinajstić information content (AvgIpc) is 3.12. The molecule has 0 spiro atoms. The average molecular weight is 433 g/mol. The second-order valence-electron chi connectivity index (χ2n) is 8.05. The van der Waals surface area contributed by atoms with Crippen molar-refractivity contribution in [3.8, 4) is 5.88 Å². The summed E-state index contributed by atoms with van der Waals surface area (Å²) >= 11 is 1.88. The van der Waals surface area contributed by atoms with Gasteiger partial charge in [-0.1, -0.05) is 13.8 Å². The molecular formula is C22H28N2O5S. The first-order valence-electron chi connectivity index (χ1n) is 9.84. The molecule has 162 valence electrons. The number of hydrogen-bond acceptors (Lipinski definition) is 7. The number of nitrogens with zero attached hydrogens (tertiary/aromatic N) is 2. The van der Waals surface area contributed by atoms with Crippen molar-refractivity contribution >= 4 is 23.3 Å². The molecule has 8 heteroatoms. The molecule has 0 saturated heterocycles. The van der Waals surface area contributed by atoms with Crippen molar-refractivity contribution in [3.63, 3.8) is 0 Å². The Morgan fingerprint density at radius 3 is 2.50 bits per heavy atom. The Balaban J connectivity index is 0.00000155. The van der Waals surface area contributed by atoms with Crippen molar-refractivity contribution in [1.82, 2.24) is 9.78 Å². The highest BCUT2D eigenvalue weighted by atomic mass is 32.2. The van der Waals surface area contributed by atoms with Gasteiger partial charge in [0.1, 0.15) is 12.2 Å². The zero-order valence-electron chi connectivity index (χ0n) is 18.3. The van der Waals surface area contributed by atoms with E-state index in [0.717, 1.165) is 23.3 Å². The first kappa shape index (κ1) is 23.8. The molecular weight excluding hydrogens is 404 g/mol. The SMILES string of the molecule is CCn1ncc(C(=O)c2cc(C)c3c(c2C)C(C)(C)CCS3)c1OCC(C)=O.O=O. The van der Waals surface area contributed by atoms with Gasteiger partial charge in [0.05, 0.1) is 6.20 Å². The molecule has 2 heterocycles. The molecule has 0 N–H and O–H groups in total. The van der Waals surface area contributed by atoms with Crippen LogP contribution >= 0.6 is 11.8 Å². The molecule has 2 aromatic rings. The van der Waals surface area contributed by atoms with Crippen LogP contribution in [0.3, 0.4) is 0 Å². The number of carbonyl (C=O) groups is 2. The zero-order valence-corrected chi connectivity index (χ0v) is 19.1. The highest BCUT2D eigenvalue weighted by Crippen LogP contribution is 2.46. The third-order valence-corrected chi connectivity index (χ3v) is 6.59. The van der Waals surface area contributed by atoms with E-state index in [1.54, 1.807) is 10.9 Å². The van der Waals surface area contributed by atoms with Crippen LogP contribution in [-0.4, -0.2) is 33.7 Å². The number of hydrogen-bond donors (Lipinski definition) is 0. The molecule has 7 nitrogen and oxygen atoms in total. The number of ether oxygens (including phenoxy) is 1. The molecule has 1 aliphatic heterocycles. The summed E-state index contributed by atoms with van der Waals surface area (Å²) in [5.74, 6) is 1.26. The topological polar surface area (TPSA) is 95.3 Å². The lowest BCUT2D eigenvalue weighted by atomic mass is 9.77. The van der Waals surface area contributed by atoms with E-state index in [-0.39, 0.29) is 23.6 Å². The Morgan fingerprint density at radius 1 is 1.23 bits per heavy atom. The summed E-state index contributed by atoms with van der Waals surface area (Å²) in [7, 11) is 0. The van der Waals surface area contributed by atoms with Crippen LogP contribution in [0.15, 0.2) is 17.2 Å². The van der Waals surface area contributed by atoms with Crippen LogP contribution < -0.4 is 4.74 Å². The molecule has 30 heavy (non-hydrogen) atoms. The van der Waals surface area contributed by atoms with Crippen molar-refractivity contribution in [1.29, 1.82) is 0 Å². The molecule has 1 aliphatic rings. The molecule has 0 unspecified atom stereocenters.